The van der Waals surface area contributed by atoms with Crippen LogP contribution in [0.4, 0.5) is 4.39 Å². The van der Waals surface area contributed by atoms with Gasteiger partial charge < -0.3 is 10.3 Å². The van der Waals surface area contributed by atoms with Crippen LogP contribution in [-0.4, -0.2) is 27.4 Å². The molecule has 3 aromatic rings. The van der Waals surface area contributed by atoms with E-state index in [0.717, 1.165) is 11.4 Å². The fourth-order valence-electron chi connectivity index (χ4n) is 3.79. The fraction of sp³-hybridized carbons (Fsp3) is 0.304. The second kappa shape index (κ2) is 8.98. The highest BCUT2D eigenvalue weighted by Crippen LogP contribution is 2.23. The summed E-state index contributed by atoms with van der Waals surface area (Å²) in [6.45, 7) is 0.535. The lowest BCUT2D eigenvalue weighted by molar-refractivity contribution is -0.125. The van der Waals surface area contributed by atoms with Gasteiger partial charge in [0.2, 0.25) is 5.91 Å². The van der Waals surface area contributed by atoms with Gasteiger partial charge in [-0.15, -0.1) is 0 Å². The minimum atomic E-state index is -0.340. The summed E-state index contributed by atoms with van der Waals surface area (Å²) in [5.41, 5.74) is 2.78. The van der Waals surface area contributed by atoms with Crippen molar-refractivity contribution in [3.05, 3.63) is 81.8 Å². The Morgan fingerprint density at radius 3 is 2.70 bits per heavy atom. The summed E-state index contributed by atoms with van der Waals surface area (Å²) in [5, 5.41) is 2.99. The van der Waals surface area contributed by atoms with Gasteiger partial charge in [0.05, 0.1) is 5.69 Å². The number of hydrogen-bond donors (Lipinski definition) is 2. The molecular weight excluding hydrogens is 383 g/mol. The number of pyridine rings is 1. The van der Waals surface area contributed by atoms with Gasteiger partial charge in [-0.3, -0.25) is 14.6 Å². The molecule has 1 amide bonds. The number of fused-ring (bicyclic) bond motifs is 1. The number of nitrogens with one attached hydrogen (secondary N) is 2. The molecule has 1 aliphatic rings. The van der Waals surface area contributed by atoms with Crippen molar-refractivity contribution in [2.75, 3.05) is 6.54 Å². The number of rotatable bonds is 5. The molecule has 30 heavy (non-hydrogen) atoms. The van der Waals surface area contributed by atoms with Crippen LogP contribution in [0.25, 0.3) is 11.4 Å². The van der Waals surface area contributed by atoms with E-state index in [1.807, 2.05) is 18.2 Å². The van der Waals surface area contributed by atoms with Crippen LogP contribution in [0, 0.1) is 11.7 Å². The zero-order valence-electron chi connectivity index (χ0n) is 16.5. The molecule has 0 aliphatic heterocycles. The van der Waals surface area contributed by atoms with E-state index < -0.39 is 0 Å². The first-order valence-electron chi connectivity index (χ1n) is 10.2. The average Bonchev–Trinajstić information content (AvgIpc) is 2.98. The lowest BCUT2D eigenvalue weighted by Gasteiger charge is -2.13. The van der Waals surface area contributed by atoms with Crippen molar-refractivity contribution in [2.24, 2.45) is 5.92 Å². The molecule has 0 saturated carbocycles. The number of carbonyl (C=O) groups is 1. The van der Waals surface area contributed by atoms with Crippen LogP contribution in [0.15, 0.2) is 53.5 Å². The lowest BCUT2D eigenvalue weighted by Crippen LogP contribution is -2.32. The van der Waals surface area contributed by atoms with Crippen molar-refractivity contribution < 1.29 is 9.18 Å². The second-order valence-electron chi connectivity index (χ2n) is 7.48. The number of halogens is 1. The monoisotopic (exact) mass is 406 g/mol. The first-order chi connectivity index (χ1) is 14.6. The number of aromatic amines is 1. The quantitative estimate of drug-likeness (QED) is 0.638. The number of nitrogens with zero attached hydrogens (tertiary/aromatic N) is 2. The fourth-order valence-corrected chi connectivity index (χ4v) is 3.79. The molecule has 0 saturated heterocycles. The zero-order valence-corrected chi connectivity index (χ0v) is 16.5. The SMILES string of the molecule is O=C(NCCc1ccccn1)C1CCc2nc(-c3ccc(F)cc3)[nH]c(=O)c2CC1. The van der Waals surface area contributed by atoms with Crippen LogP contribution in [-0.2, 0) is 24.1 Å². The van der Waals surface area contributed by atoms with Gasteiger partial charge in [0.15, 0.2) is 0 Å². The summed E-state index contributed by atoms with van der Waals surface area (Å²) in [6, 6.07) is 11.6. The molecule has 1 unspecified atom stereocenters. The molecule has 0 radical (unpaired) electrons. The summed E-state index contributed by atoms with van der Waals surface area (Å²) in [5.74, 6) is -0.0599. The summed E-state index contributed by atoms with van der Waals surface area (Å²) in [7, 11) is 0. The van der Waals surface area contributed by atoms with Crippen molar-refractivity contribution in [1.82, 2.24) is 20.3 Å². The van der Waals surface area contributed by atoms with Gasteiger partial charge in [-0.2, -0.15) is 0 Å². The van der Waals surface area contributed by atoms with E-state index in [-0.39, 0.29) is 23.2 Å². The highest BCUT2D eigenvalue weighted by Gasteiger charge is 2.25. The van der Waals surface area contributed by atoms with Gasteiger partial charge in [-0.25, -0.2) is 9.37 Å². The number of aryl methyl sites for hydroxylation is 1. The van der Waals surface area contributed by atoms with Crippen molar-refractivity contribution in [3.63, 3.8) is 0 Å². The van der Waals surface area contributed by atoms with Gasteiger partial charge in [-0.05, 0) is 62.1 Å². The number of aromatic nitrogens is 3. The van der Waals surface area contributed by atoms with Crippen LogP contribution in [0.1, 0.15) is 29.8 Å². The molecule has 4 rings (SSSR count). The molecule has 1 atom stereocenters. The molecule has 2 N–H and O–H groups in total. The van der Waals surface area contributed by atoms with Gasteiger partial charge in [0, 0.05) is 41.9 Å². The summed E-state index contributed by atoms with van der Waals surface area (Å²) >= 11 is 0. The molecule has 0 spiro atoms. The first kappa shape index (κ1) is 19.9. The normalized spacial score (nSPS) is 15.8. The van der Waals surface area contributed by atoms with Crippen molar-refractivity contribution >= 4 is 5.91 Å². The Hall–Kier alpha value is -3.35. The topological polar surface area (TPSA) is 87.7 Å². The molecule has 2 heterocycles. The lowest BCUT2D eigenvalue weighted by atomic mass is 9.99. The minimum absolute atomic E-state index is 0.00826. The summed E-state index contributed by atoms with van der Waals surface area (Å²) < 4.78 is 13.2. The Morgan fingerprint density at radius 2 is 1.93 bits per heavy atom. The highest BCUT2D eigenvalue weighted by atomic mass is 19.1. The Balaban J connectivity index is 1.41. The van der Waals surface area contributed by atoms with E-state index >= 15 is 0 Å². The Labute approximate surface area is 173 Å². The van der Waals surface area contributed by atoms with Crippen LogP contribution in [0.3, 0.4) is 0 Å². The van der Waals surface area contributed by atoms with Crippen LogP contribution in [0.2, 0.25) is 0 Å². The number of carbonyl (C=O) groups excluding carboxylic acids is 1. The number of H-pyrrole nitrogens is 1. The van der Waals surface area contributed by atoms with Crippen LogP contribution < -0.4 is 10.9 Å². The Kier molecular flexibility index (Phi) is 5.97. The van der Waals surface area contributed by atoms with Crippen molar-refractivity contribution in [1.29, 1.82) is 0 Å². The first-order valence-corrected chi connectivity index (χ1v) is 10.2. The molecule has 7 heteroatoms. The Bertz CT molecular complexity index is 1080. The van der Waals surface area contributed by atoms with Gasteiger partial charge in [0.25, 0.3) is 5.56 Å². The maximum Gasteiger partial charge on any atom is 0.254 e. The minimum Gasteiger partial charge on any atom is -0.355 e. The number of benzene rings is 1. The van der Waals surface area contributed by atoms with E-state index in [9.17, 15) is 14.0 Å². The molecular formula is C23H23FN4O2. The molecule has 6 nitrogen and oxygen atoms in total. The van der Waals surface area contributed by atoms with E-state index in [1.54, 1.807) is 18.3 Å². The smallest absolute Gasteiger partial charge is 0.254 e. The van der Waals surface area contributed by atoms with Crippen molar-refractivity contribution in [2.45, 2.75) is 32.1 Å². The standard InChI is InChI=1S/C23H23FN4O2/c24-17-8-4-15(5-9-17)21-27-20-11-7-16(6-10-19(20)23(30)28-21)22(29)26-14-12-18-3-1-2-13-25-18/h1-5,8-9,13,16H,6-7,10-12,14H2,(H,26,29)(H,27,28,30). The zero-order chi connectivity index (χ0) is 20.9. The van der Waals surface area contributed by atoms with Crippen molar-refractivity contribution in [3.8, 4) is 11.4 Å². The predicted molar refractivity (Wildman–Crippen MR) is 111 cm³/mol. The summed E-state index contributed by atoms with van der Waals surface area (Å²) in [6.07, 6.45) is 4.75. The number of amides is 1. The molecule has 0 bridgehead atoms. The third-order valence-electron chi connectivity index (χ3n) is 5.47. The highest BCUT2D eigenvalue weighted by molar-refractivity contribution is 5.78. The van der Waals surface area contributed by atoms with Gasteiger partial charge in [-0.1, -0.05) is 6.07 Å². The van der Waals surface area contributed by atoms with Crippen LogP contribution in [0.5, 0.6) is 0 Å². The maximum atomic E-state index is 13.2. The van der Waals surface area contributed by atoms with E-state index in [0.29, 0.717) is 55.6 Å². The van der Waals surface area contributed by atoms with E-state index in [4.69, 9.17) is 0 Å². The van der Waals surface area contributed by atoms with Gasteiger partial charge in [0.1, 0.15) is 11.6 Å². The third kappa shape index (κ3) is 4.62. The summed E-state index contributed by atoms with van der Waals surface area (Å²) in [4.78, 5) is 36.9. The maximum absolute atomic E-state index is 13.2. The largest absolute Gasteiger partial charge is 0.355 e. The number of hydrogen-bond acceptors (Lipinski definition) is 4. The average molecular weight is 406 g/mol. The molecule has 1 aromatic carbocycles. The van der Waals surface area contributed by atoms with E-state index in [1.165, 1.54) is 12.1 Å². The van der Waals surface area contributed by atoms with E-state index in [2.05, 4.69) is 20.3 Å². The molecule has 0 fully saturated rings. The van der Waals surface area contributed by atoms with Gasteiger partial charge >= 0.3 is 0 Å². The second-order valence-corrected chi connectivity index (χ2v) is 7.48. The molecule has 154 valence electrons. The molecule has 2 aromatic heterocycles. The third-order valence-corrected chi connectivity index (χ3v) is 5.47. The molecule has 1 aliphatic carbocycles. The Morgan fingerprint density at radius 1 is 1.13 bits per heavy atom. The van der Waals surface area contributed by atoms with Crippen LogP contribution >= 0.6 is 0 Å². The predicted octanol–water partition coefficient (Wildman–Crippen LogP) is 2.82.